The molecule has 0 fully saturated rings. The van der Waals surface area contributed by atoms with Crippen molar-refractivity contribution in [1.29, 1.82) is 0 Å². The number of fused-ring (bicyclic) bond motifs is 2. The number of nitrogens with zero attached hydrogens (tertiary/aromatic N) is 2. The van der Waals surface area contributed by atoms with E-state index < -0.39 is 5.63 Å². The molecule has 5 nitrogen and oxygen atoms in total. The second-order valence-electron chi connectivity index (χ2n) is 5.84. The molecule has 0 bridgehead atoms. The van der Waals surface area contributed by atoms with Gasteiger partial charge in [0.15, 0.2) is 0 Å². The van der Waals surface area contributed by atoms with Gasteiger partial charge in [0.05, 0.1) is 15.9 Å². The normalized spacial score (nSPS) is 11.2. The van der Waals surface area contributed by atoms with Crippen molar-refractivity contribution < 1.29 is 9.15 Å². The van der Waals surface area contributed by atoms with Gasteiger partial charge in [0.1, 0.15) is 18.5 Å². The maximum Gasteiger partial charge on any atom is 0.336 e. The lowest BCUT2D eigenvalue weighted by Gasteiger charge is -2.10. The molecule has 130 valence electrons. The standard InChI is InChI=1S/C19H12Cl2N2O3/c1-10-2-3-13-11(5-17(24)26-16(13)4-10)8-25-19-14-6-12(20)7-15(21)18(14)22-9-23-19/h2-7,9H,8H2,1H3. The van der Waals surface area contributed by atoms with Gasteiger partial charge in [-0.2, -0.15) is 0 Å². The molecule has 2 aromatic heterocycles. The quantitative estimate of drug-likeness (QED) is 0.467. The van der Waals surface area contributed by atoms with Gasteiger partial charge in [-0.25, -0.2) is 14.8 Å². The van der Waals surface area contributed by atoms with E-state index in [4.69, 9.17) is 32.4 Å². The molecule has 0 spiro atoms. The predicted octanol–water partition coefficient (Wildman–Crippen LogP) is 4.93. The highest BCUT2D eigenvalue weighted by Gasteiger charge is 2.12. The van der Waals surface area contributed by atoms with Crippen LogP contribution in [-0.4, -0.2) is 9.97 Å². The Bertz CT molecular complexity index is 1200. The summed E-state index contributed by atoms with van der Waals surface area (Å²) in [5.41, 5.74) is 2.35. The molecule has 0 amide bonds. The highest BCUT2D eigenvalue weighted by atomic mass is 35.5. The molecule has 0 unspecified atom stereocenters. The topological polar surface area (TPSA) is 65.2 Å². The number of benzene rings is 2. The van der Waals surface area contributed by atoms with Gasteiger partial charge in [-0.3, -0.25) is 0 Å². The first-order chi connectivity index (χ1) is 12.5. The smallest absolute Gasteiger partial charge is 0.336 e. The largest absolute Gasteiger partial charge is 0.472 e. The van der Waals surface area contributed by atoms with Crippen LogP contribution in [0.15, 0.2) is 51.9 Å². The Morgan fingerprint density at radius 3 is 2.77 bits per heavy atom. The number of aryl methyl sites for hydroxylation is 1. The Morgan fingerprint density at radius 2 is 1.92 bits per heavy atom. The summed E-state index contributed by atoms with van der Waals surface area (Å²) in [6.45, 7) is 2.07. The lowest BCUT2D eigenvalue weighted by molar-refractivity contribution is 0.298. The molecular weight excluding hydrogens is 375 g/mol. The van der Waals surface area contributed by atoms with Gasteiger partial charge >= 0.3 is 5.63 Å². The summed E-state index contributed by atoms with van der Waals surface area (Å²) in [7, 11) is 0. The maximum absolute atomic E-state index is 11.8. The summed E-state index contributed by atoms with van der Waals surface area (Å²) in [5.74, 6) is 0.341. The fourth-order valence-corrected chi connectivity index (χ4v) is 3.33. The number of ether oxygens (including phenoxy) is 1. The molecule has 0 atom stereocenters. The summed E-state index contributed by atoms with van der Waals surface area (Å²) < 4.78 is 11.1. The van der Waals surface area contributed by atoms with Crippen LogP contribution in [0.3, 0.4) is 0 Å². The van der Waals surface area contributed by atoms with Gasteiger partial charge in [0, 0.05) is 22.0 Å². The highest BCUT2D eigenvalue weighted by Crippen LogP contribution is 2.31. The van der Waals surface area contributed by atoms with Crippen LogP contribution >= 0.6 is 23.2 Å². The third-order valence-corrected chi connectivity index (χ3v) is 4.48. The lowest BCUT2D eigenvalue weighted by Crippen LogP contribution is -2.05. The zero-order valence-corrected chi connectivity index (χ0v) is 15.1. The minimum Gasteiger partial charge on any atom is -0.472 e. The number of rotatable bonds is 3. The van der Waals surface area contributed by atoms with Crippen molar-refractivity contribution in [3.63, 3.8) is 0 Å². The SMILES string of the molecule is Cc1ccc2c(COc3ncnc4c(Cl)cc(Cl)cc34)cc(=O)oc2c1. The molecule has 7 heteroatoms. The monoisotopic (exact) mass is 386 g/mol. The highest BCUT2D eigenvalue weighted by molar-refractivity contribution is 6.38. The predicted molar refractivity (Wildman–Crippen MR) is 101 cm³/mol. The van der Waals surface area contributed by atoms with Crippen molar-refractivity contribution in [1.82, 2.24) is 9.97 Å². The van der Waals surface area contributed by atoms with E-state index in [0.29, 0.717) is 38.0 Å². The molecule has 2 heterocycles. The van der Waals surface area contributed by atoms with Crippen molar-refractivity contribution in [2.75, 3.05) is 0 Å². The Balaban J connectivity index is 1.76. The number of hydrogen-bond acceptors (Lipinski definition) is 5. The van der Waals surface area contributed by atoms with Gasteiger partial charge < -0.3 is 9.15 Å². The first kappa shape index (κ1) is 16.8. The van der Waals surface area contributed by atoms with Crippen LogP contribution in [0.1, 0.15) is 11.1 Å². The first-order valence-electron chi connectivity index (χ1n) is 7.77. The average Bonchev–Trinajstić information content (AvgIpc) is 2.59. The molecule has 0 saturated heterocycles. The third-order valence-electron chi connectivity index (χ3n) is 3.97. The van der Waals surface area contributed by atoms with E-state index in [1.165, 1.54) is 12.4 Å². The van der Waals surface area contributed by atoms with Gasteiger partial charge in [-0.15, -0.1) is 0 Å². The van der Waals surface area contributed by atoms with E-state index in [9.17, 15) is 4.79 Å². The second kappa shape index (κ2) is 6.59. The van der Waals surface area contributed by atoms with Crippen LogP contribution < -0.4 is 10.4 Å². The summed E-state index contributed by atoms with van der Waals surface area (Å²) in [6, 6.07) is 10.4. The van der Waals surface area contributed by atoms with Crippen LogP contribution in [0, 0.1) is 6.92 Å². The Labute approximate surface area is 158 Å². The maximum atomic E-state index is 11.8. The summed E-state index contributed by atoms with van der Waals surface area (Å²) in [4.78, 5) is 20.2. The van der Waals surface area contributed by atoms with Crippen LogP contribution in [0.5, 0.6) is 5.88 Å². The molecule has 0 radical (unpaired) electrons. The van der Waals surface area contributed by atoms with E-state index in [2.05, 4.69) is 9.97 Å². The number of hydrogen-bond donors (Lipinski definition) is 0. The van der Waals surface area contributed by atoms with Gasteiger partial charge in [0.25, 0.3) is 0 Å². The first-order valence-corrected chi connectivity index (χ1v) is 8.53. The fraction of sp³-hybridized carbons (Fsp3) is 0.105. The molecule has 0 aliphatic heterocycles. The minimum absolute atomic E-state index is 0.140. The molecule has 0 aliphatic rings. The number of halogens is 2. The zero-order chi connectivity index (χ0) is 18.3. The van der Waals surface area contributed by atoms with Crippen LogP contribution in [0.4, 0.5) is 0 Å². The van der Waals surface area contributed by atoms with Gasteiger partial charge in [-0.1, -0.05) is 35.3 Å². The minimum atomic E-state index is -0.430. The van der Waals surface area contributed by atoms with E-state index in [0.717, 1.165) is 10.9 Å². The molecule has 4 aromatic rings. The average molecular weight is 387 g/mol. The van der Waals surface area contributed by atoms with Crippen molar-refractivity contribution in [3.05, 3.63) is 74.3 Å². The summed E-state index contributed by atoms with van der Waals surface area (Å²) in [6.07, 6.45) is 1.37. The third kappa shape index (κ3) is 3.11. The van der Waals surface area contributed by atoms with E-state index in [-0.39, 0.29) is 6.61 Å². The van der Waals surface area contributed by atoms with Crippen molar-refractivity contribution >= 4 is 45.1 Å². The van der Waals surface area contributed by atoms with Crippen molar-refractivity contribution in [2.45, 2.75) is 13.5 Å². The molecule has 0 N–H and O–H groups in total. The molecule has 26 heavy (non-hydrogen) atoms. The zero-order valence-electron chi connectivity index (χ0n) is 13.6. The Kier molecular flexibility index (Phi) is 4.26. The fourth-order valence-electron chi connectivity index (χ4n) is 2.79. The van der Waals surface area contributed by atoms with E-state index in [1.807, 2.05) is 25.1 Å². The van der Waals surface area contributed by atoms with Crippen LogP contribution in [-0.2, 0) is 6.61 Å². The second-order valence-corrected chi connectivity index (χ2v) is 6.69. The van der Waals surface area contributed by atoms with E-state index in [1.54, 1.807) is 12.1 Å². The van der Waals surface area contributed by atoms with E-state index >= 15 is 0 Å². The van der Waals surface area contributed by atoms with Crippen molar-refractivity contribution in [3.8, 4) is 5.88 Å². The molecular formula is C19H12Cl2N2O3. The summed E-state index contributed by atoms with van der Waals surface area (Å²) in [5, 5.41) is 2.29. The van der Waals surface area contributed by atoms with Crippen molar-refractivity contribution in [2.24, 2.45) is 0 Å². The Morgan fingerprint density at radius 1 is 1.08 bits per heavy atom. The van der Waals surface area contributed by atoms with Crippen LogP contribution in [0.25, 0.3) is 21.9 Å². The van der Waals surface area contributed by atoms with Gasteiger partial charge in [-0.05, 0) is 30.7 Å². The Hall–Kier alpha value is -2.63. The summed E-state index contributed by atoms with van der Waals surface area (Å²) >= 11 is 12.3. The molecule has 4 rings (SSSR count). The van der Waals surface area contributed by atoms with Crippen LogP contribution in [0.2, 0.25) is 10.0 Å². The molecule has 0 aliphatic carbocycles. The lowest BCUT2D eigenvalue weighted by atomic mass is 10.1. The number of aromatic nitrogens is 2. The van der Waals surface area contributed by atoms with Gasteiger partial charge in [0.2, 0.25) is 5.88 Å². The molecule has 0 saturated carbocycles. The molecule has 2 aromatic carbocycles.